The van der Waals surface area contributed by atoms with Crippen molar-refractivity contribution in [3.05, 3.63) is 58.7 Å². The van der Waals surface area contributed by atoms with E-state index in [1.54, 1.807) is 11.1 Å². The van der Waals surface area contributed by atoms with Crippen molar-refractivity contribution in [2.75, 3.05) is 0 Å². The van der Waals surface area contributed by atoms with Crippen molar-refractivity contribution in [2.45, 2.75) is 118 Å². The van der Waals surface area contributed by atoms with E-state index in [1.165, 1.54) is 123 Å². The zero-order chi connectivity index (χ0) is 22.8. The lowest BCUT2D eigenvalue weighted by Gasteiger charge is -2.19. The Morgan fingerprint density at radius 1 is 0.438 bits per heavy atom. The molecule has 0 saturated carbocycles. The molecule has 32 heavy (non-hydrogen) atoms. The zero-order valence-electron chi connectivity index (χ0n) is 21.4. The number of hydrogen-bond acceptors (Lipinski definition) is 0. The molecule has 0 aliphatic carbocycles. The van der Waals surface area contributed by atoms with Gasteiger partial charge in [-0.25, -0.2) is 0 Å². The van der Waals surface area contributed by atoms with Crippen LogP contribution in [-0.2, 0) is 12.8 Å². The highest BCUT2D eigenvalue weighted by Crippen LogP contribution is 2.36. The molecule has 0 radical (unpaired) electrons. The molecule has 0 aliphatic heterocycles. The second kappa shape index (κ2) is 13.0. The first kappa shape index (κ1) is 24.8. The lowest BCUT2D eigenvalue weighted by molar-refractivity contribution is 0.600. The molecule has 3 aromatic carbocycles. The van der Waals surface area contributed by atoms with Crippen LogP contribution in [0.25, 0.3) is 21.5 Å². The van der Waals surface area contributed by atoms with E-state index in [0.29, 0.717) is 0 Å². The molecule has 0 aliphatic rings. The van der Waals surface area contributed by atoms with Crippen LogP contribution in [0.2, 0.25) is 0 Å². The Morgan fingerprint density at radius 3 is 1.22 bits per heavy atom. The zero-order valence-corrected chi connectivity index (χ0v) is 21.4. The summed E-state index contributed by atoms with van der Waals surface area (Å²) in [7, 11) is 0. The molecule has 0 fully saturated rings. The highest BCUT2D eigenvalue weighted by molar-refractivity contribution is 6.11. The van der Waals surface area contributed by atoms with Crippen molar-refractivity contribution in [3.63, 3.8) is 0 Å². The minimum atomic E-state index is 1.24. The summed E-state index contributed by atoms with van der Waals surface area (Å²) in [6.45, 7) is 9.11. The third-order valence-corrected chi connectivity index (χ3v) is 7.22. The van der Waals surface area contributed by atoms with Gasteiger partial charge in [0.15, 0.2) is 0 Å². The summed E-state index contributed by atoms with van der Waals surface area (Å²) in [5, 5.41) is 5.96. The van der Waals surface area contributed by atoms with Crippen LogP contribution in [0.3, 0.4) is 0 Å². The van der Waals surface area contributed by atoms with Gasteiger partial charge < -0.3 is 0 Å². The molecule has 0 atom stereocenters. The lowest BCUT2D eigenvalue weighted by atomic mass is 9.85. The van der Waals surface area contributed by atoms with Crippen molar-refractivity contribution in [1.82, 2.24) is 0 Å². The average Bonchev–Trinajstić information content (AvgIpc) is 2.79. The first-order valence-electron chi connectivity index (χ1n) is 13.6. The predicted molar refractivity (Wildman–Crippen MR) is 145 cm³/mol. The number of hydrogen-bond donors (Lipinski definition) is 0. The minimum absolute atomic E-state index is 1.24. The third kappa shape index (κ3) is 6.60. The van der Waals surface area contributed by atoms with Gasteiger partial charge in [0.1, 0.15) is 0 Å². The van der Waals surface area contributed by atoms with Crippen LogP contribution in [0.5, 0.6) is 0 Å². The molecule has 3 aromatic rings. The van der Waals surface area contributed by atoms with Crippen LogP contribution >= 0.6 is 0 Å². The molecular weight excluding hydrogens is 384 g/mol. The van der Waals surface area contributed by atoms with Crippen LogP contribution < -0.4 is 0 Å². The van der Waals surface area contributed by atoms with E-state index in [-0.39, 0.29) is 0 Å². The molecule has 0 nitrogen and oxygen atoms in total. The first-order valence-corrected chi connectivity index (χ1v) is 13.6. The van der Waals surface area contributed by atoms with E-state index in [1.807, 2.05) is 0 Å². The maximum Gasteiger partial charge on any atom is -0.0102 e. The van der Waals surface area contributed by atoms with E-state index in [9.17, 15) is 0 Å². The van der Waals surface area contributed by atoms with E-state index < -0.39 is 0 Å². The van der Waals surface area contributed by atoms with Gasteiger partial charge >= 0.3 is 0 Å². The molecular formula is C32H46. The van der Waals surface area contributed by atoms with Gasteiger partial charge in [0.2, 0.25) is 0 Å². The van der Waals surface area contributed by atoms with Crippen molar-refractivity contribution in [3.8, 4) is 0 Å². The largest absolute Gasteiger partial charge is 0.0654 e. The van der Waals surface area contributed by atoms with Gasteiger partial charge in [0.25, 0.3) is 0 Å². The smallest absolute Gasteiger partial charge is 0.0102 e. The summed E-state index contributed by atoms with van der Waals surface area (Å²) in [6.07, 6.45) is 18.9. The monoisotopic (exact) mass is 430 g/mol. The number of aryl methyl sites for hydroxylation is 4. The van der Waals surface area contributed by atoms with Gasteiger partial charge in [-0.15, -0.1) is 0 Å². The van der Waals surface area contributed by atoms with E-state index in [4.69, 9.17) is 0 Å². The Balaban J connectivity index is 1.93. The first-order chi connectivity index (χ1) is 15.7. The molecule has 0 heteroatoms. The second-order valence-electron chi connectivity index (χ2n) is 10.1. The van der Waals surface area contributed by atoms with E-state index in [0.717, 1.165) is 0 Å². The van der Waals surface area contributed by atoms with E-state index in [2.05, 4.69) is 64.1 Å². The summed E-state index contributed by atoms with van der Waals surface area (Å²) < 4.78 is 0. The lowest BCUT2D eigenvalue weighted by Crippen LogP contribution is -2.00. The molecule has 3 rings (SSSR count). The quantitative estimate of drug-likeness (QED) is 0.176. The predicted octanol–water partition coefficient (Wildman–Crippen LogP) is 10.4. The maximum absolute atomic E-state index is 2.46. The fourth-order valence-corrected chi connectivity index (χ4v) is 5.35. The Hall–Kier alpha value is -1.82. The fraction of sp³-hybridized carbons (Fsp3) is 0.562. The molecule has 0 spiro atoms. The Kier molecular flexibility index (Phi) is 10.1. The van der Waals surface area contributed by atoms with E-state index >= 15 is 0 Å². The van der Waals surface area contributed by atoms with Crippen molar-refractivity contribution in [1.29, 1.82) is 0 Å². The summed E-state index contributed by atoms with van der Waals surface area (Å²) in [6, 6.07) is 14.3. The number of benzene rings is 3. The van der Waals surface area contributed by atoms with Crippen LogP contribution in [0.4, 0.5) is 0 Å². The minimum Gasteiger partial charge on any atom is -0.0654 e. The molecule has 0 saturated heterocycles. The number of fused-ring (bicyclic) bond motifs is 3. The highest BCUT2D eigenvalue weighted by atomic mass is 14.2. The molecule has 0 aromatic heterocycles. The maximum atomic E-state index is 2.46. The van der Waals surface area contributed by atoms with Gasteiger partial charge in [-0.05, 0) is 72.2 Å². The Morgan fingerprint density at radius 2 is 0.812 bits per heavy atom. The molecule has 0 bridgehead atoms. The van der Waals surface area contributed by atoms with Crippen molar-refractivity contribution >= 4 is 21.5 Å². The summed E-state index contributed by atoms with van der Waals surface area (Å²) in [4.78, 5) is 0. The Bertz CT molecular complexity index is 898. The average molecular weight is 431 g/mol. The van der Waals surface area contributed by atoms with Crippen LogP contribution in [-0.4, -0.2) is 0 Å². The molecule has 0 heterocycles. The molecule has 0 amide bonds. The van der Waals surface area contributed by atoms with Gasteiger partial charge in [-0.2, -0.15) is 0 Å². The van der Waals surface area contributed by atoms with Gasteiger partial charge in [-0.1, -0.05) is 126 Å². The summed E-state index contributed by atoms with van der Waals surface area (Å²) in [5.41, 5.74) is 6.09. The molecule has 174 valence electrons. The molecule has 0 N–H and O–H groups in total. The molecule has 0 unspecified atom stereocenters. The van der Waals surface area contributed by atoms with Crippen molar-refractivity contribution in [2.24, 2.45) is 0 Å². The second-order valence-corrected chi connectivity index (χ2v) is 10.1. The standard InChI is InChI=1S/C32H46/c1-5-7-9-11-13-15-17-27-28(18-16-14-12-10-8-6-2)32-24-26(4)20-22-30(32)29-21-19-25(3)23-31(27)29/h19-24H,5-18H2,1-4H3. The summed E-state index contributed by atoms with van der Waals surface area (Å²) in [5.74, 6) is 0. The highest BCUT2D eigenvalue weighted by Gasteiger charge is 2.15. The van der Waals surface area contributed by atoms with Crippen LogP contribution in [0.1, 0.15) is 113 Å². The normalized spacial score (nSPS) is 11.6. The van der Waals surface area contributed by atoms with Gasteiger partial charge in [-0.3, -0.25) is 0 Å². The number of rotatable bonds is 14. The van der Waals surface area contributed by atoms with Crippen LogP contribution in [0.15, 0.2) is 36.4 Å². The third-order valence-electron chi connectivity index (χ3n) is 7.22. The van der Waals surface area contributed by atoms with Gasteiger partial charge in [0, 0.05) is 0 Å². The SMILES string of the molecule is CCCCCCCCc1c(CCCCCCCC)c2cc(C)ccc2c2ccc(C)cc12. The number of unbranched alkanes of at least 4 members (excludes halogenated alkanes) is 10. The Labute approximate surface area is 197 Å². The van der Waals surface area contributed by atoms with Gasteiger partial charge in [0.05, 0.1) is 0 Å². The van der Waals surface area contributed by atoms with Crippen LogP contribution in [0, 0.1) is 13.8 Å². The topological polar surface area (TPSA) is 0 Å². The summed E-state index contributed by atoms with van der Waals surface area (Å²) >= 11 is 0. The van der Waals surface area contributed by atoms with Crippen molar-refractivity contribution < 1.29 is 0 Å². The fourth-order valence-electron chi connectivity index (χ4n) is 5.35.